The van der Waals surface area contributed by atoms with Gasteiger partial charge in [-0.05, 0) is 43.9 Å². The molecule has 0 spiro atoms. The molecular formula is C14H19FN2O. The number of piperidine rings is 1. The van der Waals surface area contributed by atoms with Crippen molar-refractivity contribution in [2.75, 3.05) is 12.3 Å². The summed E-state index contributed by atoms with van der Waals surface area (Å²) in [4.78, 5) is 14.2. The number of carbonyl (C=O) groups excluding carboxylic acids is 1. The molecular weight excluding hydrogens is 231 g/mol. The van der Waals surface area contributed by atoms with Crippen LogP contribution >= 0.6 is 0 Å². The Morgan fingerprint density at radius 3 is 2.72 bits per heavy atom. The lowest BCUT2D eigenvalue weighted by atomic mass is 9.94. The van der Waals surface area contributed by atoms with Gasteiger partial charge >= 0.3 is 0 Å². The molecule has 1 aromatic carbocycles. The molecule has 1 aliphatic rings. The molecule has 18 heavy (non-hydrogen) atoms. The van der Waals surface area contributed by atoms with E-state index in [4.69, 9.17) is 5.73 Å². The van der Waals surface area contributed by atoms with Crippen LogP contribution in [0.1, 0.15) is 37.0 Å². The predicted octanol–water partition coefficient (Wildman–Crippen LogP) is 2.67. The Balaban J connectivity index is 2.24. The molecule has 1 amide bonds. The fraction of sp³-hybridized carbons (Fsp3) is 0.500. The summed E-state index contributed by atoms with van der Waals surface area (Å²) in [7, 11) is 0. The van der Waals surface area contributed by atoms with Gasteiger partial charge in [0.05, 0.1) is 0 Å². The first-order valence-corrected chi connectivity index (χ1v) is 6.34. The third-order valence-corrected chi connectivity index (χ3v) is 3.55. The molecule has 1 heterocycles. The summed E-state index contributed by atoms with van der Waals surface area (Å²) in [6.45, 7) is 4.90. The van der Waals surface area contributed by atoms with E-state index in [2.05, 4.69) is 6.92 Å². The monoisotopic (exact) mass is 250 g/mol. The minimum absolute atomic E-state index is 0.125. The molecule has 98 valence electrons. The maximum absolute atomic E-state index is 13.3. The summed E-state index contributed by atoms with van der Waals surface area (Å²) >= 11 is 0. The van der Waals surface area contributed by atoms with Gasteiger partial charge in [0.25, 0.3) is 5.91 Å². The van der Waals surface area contributed by atoms with Crippen molar-refractivity contribution < 1.29 is 9.18 Å². The van der Waals surface area contributed by atoms with Crippen LogP contribution < -0.4 is 5.73 Å². The zero-order chi connectivity index (χ0) is 13.3. The summed E-state index contributed by atoms with van der Waals surface area (Å²) in [6.07, 6.45) is 2.13. The van der Waals surface area contributed by atoms with Crippen LogP contribution in [0.5, 0.6) is 0 Å². The van der Waals surface area contributed by atoms with Gasteiger partial charge in [0.1, 0.15) is 5.82 Å². The SMILES string of the molecule is CC1CCC(C)N(C(=O)c2cc(N)cc(F)c2)C1. The molecule has 2 rings (SSSR count). The molecule has 1 saturated heterocycles. The number of nitrogens with two attached hydrogens (primary N) is 1. The highest BCUT2D eigenvalue weighted by Crippen LogP contribution is 2.24. The van der Waals surface area contributed by atoms with Crippen LogP contribution in [0.25, 0.3) is 0 Å². The van der Waals surface area contributed by atoms with Gasteiger partial charge in [-0.1, -0.05) is 6.92 Å². The highest BCUT2D eigenvalue weighted by molar-refractivity contribution is 5.95. The lowest BCUT2D eigenvalue weighted by Gasteiger charge is -2.36. The van der Waals surface area contributed by atoms with E-state index in [1.807, 2.05) is 11.8 Å². The molecule has 0 aliphatic carbocycles. The fourth-order valence-electron chi connectivity index (χ4n) is 2.47. The number of carbonyl (C=O) groups is 1. The number of amides is 1. The number of hydrogen-bond acceptors (Lipinski definition) is 2. The Morgan fingerprint density at radius 2 is 2.06 bits per heavy atom. The van der Waals surface area contributed by atoms with Crippen LogP contribution in [-0.4, -0.2) is 23.4 Å². The molecule has 2 N–H and O–H groups in total. The Hall–Kier alpha value is -1.58. The first-order chi connectivity index (χ1) is 8.47. The van der Waals surface area contributed by atoms with Crippen LogP contribution in [0, 0.1) is 11.7 Å². The number of halogens is 1. The Bertz CT molecular complexity index is 441. The third-order valence-electron chi connectivity index (χ3n) is 3.55. The van der Waals surface area contributed by atoms with E-state index in [0.717, 1.165) is 19.4 Å². The number of rotatable bonds is 1. The molecule has 2 atom stereocenters. The maximum Gasteiger partial charge on any atom is 0.254 e. The molecule has 0 bridgehead atoms. The normalized spacial score (nSPS) is 24.1. The number of nitrogens with zero attached hydrogens (tertiary/aromatic N) is 1. The second-order valence-electron chi connectivity index (χ2n) is 5.26. The van der Waals surface area contributed by atoms with Gasteiger partial charge < -0.3 is 10.6 Å². The van der Waals surface area contributed by atoms with E-state index in [1.54, 1.807) is 0 Å². The first-order valence-electron chi connectivity index (χ1n) is 6.34. The van der Waals surface area contributed by atoms with Gasteiger partial charge in [0, 0.05) is 23.8 Å². The van der Waals surface area contributed by atoms with Gasteiger partial charge in [0.2, 0.25) is 0 Å². The average Bonchev–Trinajstić information content (AvgIpc) is 2.30. The molecule has 0 aromatic heterocycles. The number of nitrogen functional groups attached to an aromatic ring is 1. The summed E-state index contributed by atoms with van der Waals surface area (Å²) in [5, 5.41) is 0. The summed E-state index contributed by atoms with van der Waals surface area (Å²) < 4.78 is 13.3. The molecule has 0 radical (unpaired) electrons. The van der Waals surface area contributed by atoms with E-state index >= 15 is 0 Å². The van der Waals surface area contributed by atoms with Crippen molar-refractivity contribution in [2.45, 2.75) is 32.7 Å². The van der Waals surface area contributed by atoms with Crippen LogP contribution in [0.3, 0.4) is 0 Å². The van der Waals surface area contributed by atoms with Crippen LogP contribution in [-0.2, 0) is 0 Å². The van der Waals surface area contributed by atoms with Crippen molar-refractivity contribution in [3.05, 3.63) is 29.6 Å². The minimum Gasteiger partial charge on any atom is -0.399 e. The van der Waals surface area contributed by atoms with E-state index in [9.17, 15) is 9.18 Å². The minimum atomic E-state index is -0.462. The maximum atomic E-state index is 13.3. The molecule has 3 nitrogen and oxygen atoms in total. The quantitative estimate of drug-likeness (QED) is 0.779. The number of benzene rings is 1. The Morgan fingerprint density at radius 1 is 1.33 bits per heavy atom. The van der Waals surface area contributed by atoms with Gasteiger partial charge in [-0.15, -0.1) is 0 Å². The van der Waals surface area contributed by atoms with E-state index in [1.165, 1.54) is 18.2 Å². The van der Waals surface area contributed by atoms with Crippen LogP contribution in [0.4, 0.5) is 10.1 Å². The predicted molar refractivity (Wildman–Crippen MR) is 69.7 cm³/mol. The average molecular weight is 250 g/mol. The van der Waals surface area contributed by atoms with Crippen molar-refractivity contribution >= 4 is 11.6 Å². The van der Waals surface area contributed by atoms with Crippen LogP contribution in [0.15, 0.2) is 18.2 Å². The lowest BCUT2D eigenvalue weighted by Crippen LogP contribution is -2.44. The van der Waals surface area contributed by atoms with Crippen molar-refractivity contribution in [1.29, 1.82) is 0 Å². The molecule has 0 saturated carbocycles. The van der Waals surface area contributed by atoms with E-state index in [-0.39, 0.29) is 17.6 Å². The Labute approximate surface area is 107 Å². The van der Waals surface area contributed by atoms with Gasteiger partial charge in [-0.2, -0.15) is 0 Å². The highest BCUT2D eigenvalue weighted by atomic mass is 19.1. The zero-order valence-electron chi connectivity index (χ0n) is 10.8. The molecule has 2 unspecified atom stereocenters. The van der Waals surface area contributed by atoms with E-state index < -0.39 is 5.82 Å². The number of hydrogen-bond donors (Lipinski definition) is 1. The van der Waals surface area contributed by atoms with Crippen molar-refractivity contribution in [1.82, 2.24) is 4.90 Å². The smallest absolute Gasteiger partial charge is 0.254 e. The fourth-order valence-corrected chi connectivity index (χ4v) is 2.47. The highest BCUT2D eigenvalue weighted by Gasteiger charge is 2.27. The topological polar surface area (TPSA) is 46.3 Å². The summed E-state index contributed by atoms with van der Waals surface area (Å²) in [5.74, 6) is -0.0904. The summed E-state index contributed by atoms with van der Waals surface area (Å²) in [6, 6.07) is 4.22. The summed E-state index contributed by atoms with van der Waals surface area (Å²) in [5.41, 5.74) is 6.21. The van der Waals surface area contributed by atoms with Crippen molar-refractivity contribution in [2.24, 2.45) is 5.92 Å². The molecule has 1 aromatic rings. The van der Waals surface area contributed by atoms with Crippen LogP contribution in [0.2, 0.25) is 0 Å². The molecule has 4 heteroatoms. The van der Waals surface area contributed by atoms with Gasteiger partial charge in [-0.25, -0.2) is 4.39 Å². The number of likely N-dealkylation sites (tertiary alicyclic amines) is 1. The molecule has 1 fully saturated rings. The van der Waals surface area contributed by atoms with E-state index in [0.29, 0.717) is 11.5 Å². The second-order valence-corrected chi connectivity index (χ2v) is 5.26. The first kappa shape index (κ1) is 12.9. The second kappa shape index (κ2) is 4.96. The standard InChI is InChI=1S/C14H19FN2O/c1-9-3-4-10(2)17(8-9)14(18)11-5-12(15)7-13(16)6-11/h5-7,9-10H,3-4,8,16H2,1-2H3. The number of anilines is 1. The molecule has 1 aliphatic heterocycles. The van der Waals surface area contributed by atoms with Crippen molar-refractivity contribution in [3.8, 4) is 0 Å². The third kappa shape index (κ3) is 2.63. The van der Waals surface area contributed by atoms with Gasteiger partial charge in [-0.3, -0.25) is 4.79 Å². The Kier molecular flexibility index (Phi) is 3.55. The largest absolute Gasteiger partial charge is 0.399 e. The zero-order valence-corrected chi connectivity index (χ0v) is 10.8. The lowest BCUT2D eigenvalue weighted by molar-refractivity contribution is 0.0573. The van der Waals surface area contributed by atoms with Gasteiger partial charge in [0.15, 0.2) is 0 Å². The van der Waals surface area contributed by atoms with Crippen molar-refractivity contribution in [3.63, 3.8) is 0 Å².